The number of ether oxygens (including phenoxy) is 2. The molecule has 1 saturated heterocycles. The van der Waals surface area contributed by atoms with Gasteiger partial charge in [0.05, 0.1) is 18.0 Å². The van der Waals surface area contributed by atoms with E-state index in [1.54, 1.807) is 0 Å². The van der Waals surface area contributed by atoms with Crippen LogP contribution in [-0.2, 0) is 14.8 Å². The molecule has 0 aromatic heterocycles. The Morgan fingerprint density at radius 3 is 2.52 bits per heavy atom. The van der Waals surface area contributed by atoms with Crippen LogP contribution in [0, 0.1) is 0 Å². The number of hydrogen-bond acceptors (Lipinski definition) is 5. The molecular weight excluding hydrogens is 412 g/mol. The van der Waals surface area contributed by atoms with E-state index in [-0.39, 0.29) is 23.4 Å². The first-order valence-corrected chi connectivity index (χ1v) is 13.7. The van der Waals surface area contributed by atoms with E-state index in [2.05, 4.69) is 33.9 Å². The number of hydrogen-bond donors (Lipinski definition) is 1. The van der Waals surface area contributed by atoms with Crippen LogP contribution in [0.1, 0.15) is 69.3 Å². The molecule has 2 atom stereocenters. The Hall–Kier alpha value is -1.15. The Bertz CT molecular complexity index is 849. The Balaban J connectivity index is 1.34. The second kappa shape index (κ2) is 9.38. The molecule has 1 N–H and O–H groups in total. The molecule has 0 spiro atoms. The van der Waals surface area contributed by atoms with Gasteiger partial charge in [-0.2, -0.15) is 0 Å². The summed E-state index contributed by atoms with van der Waals surface area (Å²) in [4.78, 5) is 2.39. The molecule has 1 aromatic rings. The van der Waals surface area contributed by atoms with E-state index >= 15 is 0 Å². The second-order valence-corrected chi connectivity index (χ2v) is 11.8. The van der Waals surface area contributed by atoms with Crippen LogP contribution >= 0.6 is 0 Å². The van der Waals surface area contributed by atoms with Crippen molar-refractivity contribution in [1.82, 2.24) is 9.62 Å². The molecule has 6 nitrogen and oxygen atoms in total. The first kappa shape index (κ1) is 21.7. The molecule has 3 aliphatic heterocycles. The summed E-state index contributed by atoms with van der Waals surface area (Å²) < 4.78 is 41.5. The predicted molar refractivity (Wildman–Crippen MR) is 121 cm³/mol. The highest BCUT2D eigenvalue weighted by atomic mass is 32.2. The number of rotatable bonds is 3. The highest BCUT2D eigenvalue weighted by molar-refractivity contribution is 7.90. The first-order valence-electron chi connectivity index (χ1n) is 12.2. The van der Waals surface area contributed by atoms with E-state index in [1.165, 1.54) is 5.56 Å². The molecule has 2 aliphatic carbocycles. The number of nitrogens with zero attached hydrogens (tertiary/aromatic N) is 1. The van der Waals surface area contributed by atoms with Crippen molar-refractivity contribution in [3.05, 3.63) is 29.8 Å². The van der Waals surface area contributed by atoms with Crippen molar-refractivity contribution in [3.8, 4) is 5.75 Å². The SMILES string of the molecule is O=S(=O)(N[C@H]1CCCN2CCOc3ccccc3[C@H]3CC[C@H](CC3)OC[C@@H]12)C1CCC1. The summed E-state index contributed by atoms with van der Waals surface area (Å²) in [5, 5.41) is -0.200. The van der Waals surface area contributed by atoms with Gasteiger partial charge in [0.2, 0.25) is 10.0 Å². The predicted octanol–water partition coefficient (Wildman–Crippen LogP) is 3.43. The van der Waals surface area contributed by atoms with Gasteiger partial charge in [-0.25, -0.2) is 13.1 Å². The quantitative estimate of drug-likeness (QED) is 0.767. The lowest BCUT2D eigenvalue weighted by molar-refractivity contribution is -0.0284. The van der Waals surface area contributed by atoms with Gasteiger partial charge in [-0.1, -0.05) is 24.6 Å². The highest BCUT2D eigenvalue weighted by Gasteiger charge is 2.39. The fraction of sp³-hybridized carbons (Fsp3) is 0.750. The summed E-state index contributed by atoms with van der Waals surface area (Å²) in [7, 11) is -3.24. The van der Waals surface area contributed by atoms with E-state index in [9.17, 15) is 8.42 Å². The molecule has 0 amide bonds. The number of benzene rings is 1. The third kappa shape index (κ3) is 4.80. The molecule has 6 rings (SSSR count). The molecular formula is C24H36N2O4S. The Labute approximate surface area is 186 Å². The smallest absolute Gasteiger partial charge is 0.214 e. The minimum atomic E-state index is -3.24. The van der Waals surface area contributed by atoms with Gasteiger partial charge in [0.1, 0.15) is 12.4 Å². The fourth-order valence-corrected chi connectivity index (χ4v) is 7.59. The van der Waals surface area contributed by atoms with E-state index in [1.807, 2.05) is 0 Å². The lowest BCUT2D eigenvalue weighted by Crippen LogP contribution is -2.59. The number of para-hydroxylation sites is 1. The molecule has 1 aromatic carbocycles. The lowest BCUT2D eigenvalue weighted by atomic mass is 9.82. The van der Waals surface area contributed by atoms with Gasteiger partial charge >= 0.3 is 0 Å². The van der Waals surface area contributed by atoms with Crippen LogP contribution in [-0.4, -0.2) is 63.1 Å². The van der Waals surface area contributed by atoms with Gasteiger partial charge in [0.15, 0.2) is 0 Å². The number of nitrogens with one attached hydrogen (secondary N) is 1. The molecule has 3 heterocycles. The van der Waals surface area contributed by atoms with Crippen LogP contribution < -0.4 is 9.46 Å². The van der Waals surface area contributed by atoms with Crippen molar-refractivity contribution in [2.75, 3.05) is 26.3 Å². The molecule has 2 bridgehead atoms. The van der Waals surface area contributed by atoms with Crippen molar-refractivity contribution in [2.45, 2.75) is 87.1 Å². The summed E-state index contributed by atoms with van der Waals surface area (Å²) >= 11 is 0. The summed E-state index contributed by atoms with van der Waals surface area (Å²) in [6.45, 7) is 2.97. The third-order valence-corrected chi connectivity index (χ3v) is 9.85. The molecule has 7 heteroatoms. The summed E-state index contributed by atoms with van der Waals surface area (Å²) in [5.41, 5.74) is 1.33. The Morgan fingerprint density at radius 1 is 0.935 bits per heavy atom. The average Bonchev–Trinajstić information content (AvgIpc) is 2.74. The minimum absolute atomic E-state index is 0.0703. The van der Waals surface area contributed by atoms with Crippen molar-refractivity contribution in [2.24, 2.45) is 0 Å². The fourth-order valence-electron chi connectivity index (χ4n) is 5.75. The first-order chi connectivity index (χ1) is 15.1. The standard InChI is InChI=1S/C24H36N2O4S/c27-31(28,20-5-3-6-20)25-22-8-4-14-26-15-16-29-24-9-2-1-7-21(24)18-10-12-19(13-11-18)30-17-23(22)26/h1-2,7,9,18-20,22-23,25H,3-6,8,10-17H2/t18-,19+,22-,23-/m0/s1. The summed E-state index contributed by atoms with van der Waals surface area (Å²) in [6.07, 6.45) is 9.13. The monoisotopic (exact) mass is 448 g/mol. The van der Waals surface area contributed by atoms with E-state index in [0.717, 1.165) is 76.6 Å². The normalized spacial score (nSPS) is 33.0. The number of sulfonamides is 1. The van der Waals surface area contributed by atoms with Crippen LogP contribution in [0.5, 0.6) is 5.75 Å². The van der Waals surface area contributed by atoms with Crippen molar-refractivity contribution >= 4 is 10.0 Å². The largest absolute Gasteiger partial charge is 0.492 e. The van der Waals surface area contributed by atoms with Crippen molar-refractivity contribution in [3.63, 3.8) is 0 Å². The molecule has 3 fully saturated rings. The van der Waals surface area contributed by atoms with E-state index < -0.39 is 10.0 Å². The molecule has 0 unspecified atom stereocenters. The summed E-state index contributed by atoms with van der Waals surface area (Å²) in [5.74, 6) is 1.56. The van der Waals surface area contributed by atoms with Crippen molar-refractivity contribution in [1.29, 1.82) is 0 Å². The molecule has 0 radical (unpaired) electrons. The molecule has 31 heavy (non-hydrogen) atoms. The van der Waals surface area contributed by atoms with Crippen LogP contribution in [0.15, 0.2) is 24.3 Å². The average molecular weight is 449 g/mol. The summed E-state index contributed by atoms with van der Waals surface area (Å²) in [6, 6.07) is 8.48. The van der Waals surface area contributed by atoms with E-state index in [0.29, 0.717) is 19.1 Å². The van der Waals surface area contributed by atoms with Gasteiger partial charge in [-0.05, 0) is 75.5 Å². The zero-order valence-corrected chi connectivity index (χ0v) is 19.2. The third-order valence-electron chi connectivity index (χ3n) is 7.87. The van der Waals surface area contributed by atoms with Crippen LogP contribution in [0.2, 0.25) is 0 Å². The zero-order chi connectivity index (χ0) is 21.3. The highest BCUT2D eigenvalue weighted by Crippen LogP contribution is 2.39. The zero-order valence-electron chi connectivity index (χ0n) is 18.4. The molecule has 2 saturated carbocycles. The minimum Gasteiger partial charge on any atom is -0.492 e. The Kier molecular flexibility index (Phi) is 6.56. The Morgan fingerprint density at radius 2 is 1.74 bits per heavy atom. The van der Waals surface area contributed by atoms with Crippen LogP contribution in [0.3, 0.4) is 0 Å². The van der Waals surface area contributed by atoms with Crippen molar-refractivity contribution < 1.29 is 17.9 Å². The maximum absolute atomic E-state index is 12.8. The van der Waals surface area contributed by atoms with Crippen LogP contribution in [0.25, 0.3) is 0 Å². The van der Waals surface area contributed by atoms with Gasteiger partial charge in [-0.15, -0.1) is 0 Å². The topological polar surface area (TPSA) is 67.9 Å². The van der Waals surface area contributed by atoms with Crippen LogP contribution in [0.4, 0.5) is 0 Å². The van der Waals surface area contributed by atoms with E-state index in [4.69, 9.17) is 9.47 Å². The molecule has 5 aliphatic rings. The van der Waals surface area contributed by atoms with Gasteiger partial charge in [0, 0.05) is 18.6 Å². The maximum Gasteiger partial charge on any atom is 0.214 e. The number of fused-ring (bicyclic) bond motifs is 5. The van der Waals surface area contributed by atoms with Gasteiger partial charge < -0.3 is 9.47 Å². The molecule has 172 valence electrons. The second-order valence-electron chi connectivity index (χ2n) is 9.76. The van der Waals surface area contributed by atoms with Gasteiger partial charge in [0.25, 0.3) is 0 Å². The maximum atomic E-state index is 12.8. The number of piperidine rings is 1. The lowest BCUT2D eigenvalue weighted by Gasteiger charge is -2.42. The van der Waals surface area contributed by atoms with Gasteiger partial charge in [-0.3, -0.25) is 4.90 Å².